The second-order valence-corrected chi connectivity index (χ2v) is 9.45. The average molecular weight is 393 g/mol. The Bertz CT molecular complexity index is 527. The number of nitrogens with one attached hydrogen (secondary N) is 1. The summed E-state index contributed by atoms with van der Waals surface area (Å²) in [6, 6.07) is 0. The van der Waals surface area contributed by atoms with Crippen LogP contribution in [0.25, 0.3) is 0 Å². The lowest BCUT2D eigenvalue weighted by molar-refractivity contribution is 0.241. The molecule has 2 fully saturated rings. The maximum Gasteiger partial charge on any atom is 0.212 e. The number of rotatable bonds is 3. The maximum absolute atomic E-state index is 10.9. The average Bonchev–Trinajstić information content (AvgIpc) is 2.47. The Labute approximate surface area is 145 Å². The van der Waals surface area contributed by atoms with E-state index < -0.39 is 20.0 Å². The van der Waals surface area contributed by atoms with Gasteiger partial charge in [0.25, 0.3) is 0 Å². The lowest BCUT2D eigenvalue weighted by Gasteiger charge is -2.29. The number of halogens is 1. The number of primary sulfonamides is 2. The first kappa shape index (κ1) is 23.0. The topological polar surface area (TPSA) is 136 Å². The second kappa shape index (κ2) is 10.1. The molecule has 140 valence electrons. The largest absolute Gasteiger partial charge is 0.317 e. The highest BCUT2D eigenvalue weighted by Gasteiger charge is 2.26. The Kier molecular flexibility index (Phi) is 10.1. The summed E-state index contributed by atoms with van der Waals surface area (Å²) in [5, 5.41) is 12.5. The number of sulfonamides is 2. The molecule has 11 heteroatoms. The van der Waals surface area contributed by atoms with E-state index in [0.717, 1.165) is 32.7 Å². The van der Waals surface area contributed by atoms with Crippen LogP contribution in [0.1, 0.15) is 32.6 Å². The van der Waals surface area contributed by atoms with E-state index in [-0.39, 0.29) is 22.9 Å². The smallest absolute Gasteiger partial charge is 0.212 e. The van der Waals surface area contributed by atoms with Crippen LogP contribution in [-0.4, -0.2) is 65.0 Å². The van der Waals surface area contributed by atoms with Crippen LogP contribution >= 0.6 is 12.4 Å². The minimum Gasteiger partial charge on any atom is -0.317 e. The Morgan fingerprint density at radius 3 is 1.61 bits per heavy atom. The molecule has 0 aliphatic carbocycles. The molecule has 2 heterocycles. The highest BCUT2D eigenvalue weighted by molar-refractivity contribution is 7.90. The zero-order valence-corrected chi connectivity index (χ0v) is 15.9. The first-order valence-electron chi connectivity index (χ1n) is 7.61. The van der Waals surface area contributed by atoms with Crippen molar-refractivity contribution in [3.05, 3.63) is 0 Å². The van der Waals surface area contributed by atoms with Gasteiger partial charge < -0.3 is 10.2 Å². The van der Waals surface area contributed by atoms with Gasteiger partial charge in [0.15, 0.2) is 0 Å². The van der Waals surface area contributed by atoms with E-state index in [1.807, 2.05) is 0 Å². The van der Waals surface area contributed by atoms with Gasteiger partial charge in [-0.3, -0.25) is 0 Å². The number of nitrogens with zero attached hydrogens (tertiary/aromatic N) is 1. The number of likely N-dealkylation sites (tertiary alicyclic amines) is 1. The lowest BCUT2D eigenvalue weighted by atomic mass is 10.1. The number of hydrogen-bond donors (Lipinski definition) is 3. The van der Waals surface area contributed by atoms with Gasteiger partial charge in [0, 0.05) is 0 Å². The van der Waals surface area contributed by atoms with Gasteiger partial charge in [0.1, 0.15) is 0 Å². The van der Waals surface area contributed by atoms with Crippen LogP contribution < -0.4 is 15.6 Å². The molecule has 0 radical (unpaired) electrons. The first-order chi connectivity index (χ1) is 10.1. The molecule has 2 aliphatic heterocycles. The Morgan fingerprint density at radius 2 is 1.30 bits per heavy atom. The van der Waals surface area contributed by atoms with E-state index in [9.17, 15) is 16.8 Å². The molecule has 2 saturated heterocycles. The summed E-state index contributed by atoms with van der Waals surface area (Å²) in [4.78, 5) is 2.24. The molecular formula is C12H29ClN4O4S2. The number of nitrogens with two attached hydrogens (primary N) is 2. The standard InChI is InChI=1S/C7H16N2O2S.C5H12N2O2S.ClH/c1-2-9-5-3-7(4-6-9)12(8,10)11;6-10(8,9)5-1-3-7-4-2-5;/h7H,2-6H2,1H3,(H2,8,10,11);5,7H,1-4H2,(H2,6,8,9);1H. The van der Waals surface area contributed by atoms with Gasteiger partial charge in [-0.05, 0) is 58.4 Å². The van der Waals surface area contributed by atoms with E-state index >= 15 is 0 Å². The normalized spacial score (nSPS) is 21.9. The fraction of sp³-hybridized carbons (Fsp3) is 1.00. The molecule has 0 bridgehead atoms. The maximum atomic E-state index is 10.9. The predicted octanol–water partition coefficient (Wildman–Crippen LogP) is -0.792. The van der Waals surface area contributed by atoms with Gasteiger partial charge in [-0.1, -0.05) is 6.92 Å². The van der Waals surface area contributed by atoms with Gasteiger partial charge in [-0.25, -0.2) is 27.1 Å². The van der Waals surface area contributed by atoms with Crippen molar-refractivity contribution in [3.63, 3.8) is 0 Å². The molecule has 0 amide bonds. The van der Waals surface area contributed by atoms with Gasteiger partial charge >= 0.3 is 0 Å². The minimum absolute atomic E-state index is 0. The molecular weight excluding hydrogens is 364 g/mol. The zero-order chi connectivity index (χ0) is 16.8. The Morgan fingerprint density at radius 1 is 0.913 bits per heavy atom. The molecule has 2 aliphatic rings. The van der Waals surface area contributed by atoms with Crippen LogP contribution in [0.5, 0.6) is 0 Å². The monoisotopic (exact) mass is 392 g/mol. The highest BCUT2D eigenvalue weighted by Crippen LogP contribution is 2.14. The molecule has 0 atom stereocenters. The molecule has 0 aromatic carbocycles. The molecule has 5 N–H and O–H groups in total. The fourth-order valence-corrected chi connectivity index (χ4v) is 4.44. The SMILES string of the molecule is CCN1CCC(S(N)(=O)=O)CC1.Cl.NS(=O)(=O)C1CCNCC1. The van der Waals surface area contributed by atoms with Crippen LogP contribution in [-0.2, 0) is 20.0 Å². The van der Waals surface area contributed by atoms with Crippen LogP contribution in [0.4, 0.5) is 0 Å². The van der Waals surface area contributed by atoms with Crippen molar-refractivity contribution in [1.82, 2.24) is 10.2 Å². The molecule has 0 aromatic heterocycles. The van der Waals surface area contributed by atoms with Crippen molar-refractivity contribution in [2.75, 3.05) is 32.7 Å². The van der Waals surface area contributed by atoms with Crippen molar-refractivity contribution in [3.8, 4) is 0 Å². The van der Waals surface area contributed by atoms with Crippen molar-refractivity contribution in [1.29, 1.82) is 0 Å². The first-order valence-corrected chi connectivity index (χ1v) is 10.8. The summed E-state index contributed by atoms with van der Waals surface area (Å²) in [7, 11) is -6.55. The molecule has 8 nitrogen and oxygen atoms in total. The van der Waals surface area contributed by atoms with Gasteiger partial charge in [0.05, 0.1) is 10.5 Å². The van der Waals surface area contributed by atoms with Crippen LogP contribution in [0.2, 0.25) is 0 Å². The molecule has 23 heavy (non-hydrogen) atoms. The summed E-state index contributed by atoms with van der Waals surface area (Å²) in [5.74, 6) is 0. The predicted molar refractivity (Wildman–Crippen MR) is 94.5 cm³/mol. The van der Waals surface area contributed by atoms with Crippen molar-refractivity contribution < 1.29 is 16.8 Å². The summed E-state index contributed by atoms with van der Waals surface area (Å²) >= 11 is 0. The summed E-state index contributed by atoms with van der Waals surface area (Å²) in [6.45, 7) is 6.33. The quantitative estimate of drug-likeness (QED) is 0.575. The van der Waals surface area contributed by atoms with Crippen LogP contribution in [0.3, 0.4) is 0 Å². The van der Waals surface area contributed by atoms with Gasteiger partial charge in [0.2, 0.25) is 20.0 Å². The molecule has 0 spiro atoms. The van der Waals surface area contributed by atoms with Crippen molar-refractivity contribution in [2.45, 2.75) is 43.1 Å². The molecule has 0 aromatic rings. The summed E-state index contributed by atoms with van der Waals surface area (Å²) < 4.78 is 43.4. The Hall–Kier alpha value is 0.0300. The third kappa shape index (κ3) is 8.62. The highest BCUT2D eigenvalue weighted by atomic mass is 35.5. The van der Waals surface area contributed by atoms with Crippen molar-refractivity contribution >= 4 is 32.5 Å². The van der Waals surface area contributed by atoms with E-state index in [4.69, 9.17) is 10.3 Å². The lowest BCUT2D eigenvalue weighted by Crippen LogP contribution is -2.41. The van der Waals surface area contributed by atoms with E-state index in [1.165, 1.54) is 0 Å². The number of piperidine rings is 2. The molecule has 0 unspecified atom stereocenters. The summed E-state index contributed by atoms with van der Waals surface area (Å²) in [6.07, 6.45) is 2.68. The third-order valence-corrected chi connectivity index (χ3v) is 7.00. The van der Waals surface area contributed by atoms with E-state index in [2.05, 4.69) is 17.1 Å². The van der Waals surface area contributed by atoms with Crippen molar-refractivity contribution in [2.24, 2.45) is 10.3 Å². The van der Waals surface area contributed by atoms with Crippen LogP contribution in [0, 0.1) is 0 Å². The van der Waals surface area contributed by atoms with E-state index in [1.54, 1.807) is 0 Å². The van der Waals surface area contributed by atoms with Gasteiger partial charge in [-0.2, -0.15) is 0 Å². The third-order valence-electron chi connectivity index (χ3n) is 4.20. The molecule has 0 saturated carbocycles. The van der Waals surface area contributed by atoms with Crippen LogP contribution in [0.15, 0.2) is 0 Å². The number of hydrogen-bond acceptors (Lipinski definition) is 6. The second-order valence-electron chi connectivity index (χ2n) is 5.76. The summed E-state index contributed by atoms with van der Waals surface area (Å²) in [5.41, 5.74) is 0. The minimum atomic E-state index is -3.28. The Balaban J connectivity index is 0.000000409. The molecule has 2 rings (SSSR count). The van der Waals surface area contributed by atoms with Gasteiger partial charge in [-0.15, -0.1) is 12.4 Å². The fourth-order valence-electron chi connectivity index (χ4n) is 2.68. The van der Waals surface area contributed by atoms with E-state index in [0.29, 0.717) is 25.7 Å². The zero-order valence-electron chi connectivity index (χ0n) is 13.5.